The lowest BCUT2D eigenvalue weighted by Gasteiger charge is -2.23. The van der Waals surface area contributed by atoms with Gasteiger partial charge in [0.1, 0.15) is 11.5 Å². The second-order valence-corrected chi connectivity index (χ2v) is 13.4. The number of amides is 1. The fourth-order valence-corrected chi connectivity index (χ4v) is 5.80. The molecule has 1 N–H and O–H groups in total. The fourth-order valence-electron chi connectivity index (χ4n) is 5.04. The number of carbonyl (C=O) groups is 1. The summed E-state index contributed by atoms with van der Waals surface area (Å²) in [6, 6.07) is 14.0. The second kappa shape index (κ2) is 19.2. The van der Waals surface area contributed by atoms with Gasteiger partial charge in [-0.25, -0.2) is 0 Å². The maximum atomic E-state index is 12.7. The molecule has 5 nitrogen and oxygen atoms in total. The van der Waals surface area contributed by atoms with Crippen molar-refractivity contribution in [2.45, 2.75) is 111 Å². The van der Waals surface area contributed by atoms with E-state index in [1.54, 1.807) is 0 Å². The fraction of sp³-hybridized carbons (Fsp3) is 0.571. The van der Waals surface area contributed by atoms with Crippen molar-refractivity contribution >= 4 is 40.3 Å². The highest BCUT2D eigenvalue weighted by Gasteiger charge is 2.20. The van der Waals surface area contributed by atoms with E-state index in [9.17, 15) is 4.79 Å². The Morgan fingerprint density at radius 1 is 0.929 bits per heavy atom. The third-order valence-corrected chi connectivity index (χ3v) is 8.33. The molecule has 0 atom stereocenters. The molecule has 234 valence electrons. The molecule has 0 aliphatic carbocycles. The van der Waals surface area contributed by atoms with Gasteiger partial charge < -0.3 is 19.7 Å². The molecule has 3 rings (SSSR count). The van der Waals surface area contributed by atoms with Crippen LogP contribution in [0.4, 0.5) is 5.69 Å². The van der Waals surface area contributed by atoms with Gasteiger partial charge in [0.2, 0.25) is 0 Å². The van der Waals surface area contributed by atoms with Crippen LogP contribution in [0.5, 0.6) is 11.5 Å². The second-order valence-electron chi connectivity index (χ2n) is 12.2. The summed E-state index contributed by atoms with van der Waals surface area (Å²) < 4.78 is 12.2. The van der Waals surface area contributed by atoms with Crippen LogP contribution in [0.25, 0.3) is 0 Å². The third-order valence-electron chi connectivity index (χ3n) is 7.31. The SMILES string of the molecule is Br.CCCCCCCCCCCCOc1cc(OCC(=O)Nc2cccc(CN3C=C(C)SC3)c2)ccc1C(C)(C)C. The predicted octanol–water partition coefficient (Wildman–Crippen LogP) is 10.2. The van der Waals surface area contributed by atoms with Crippen molar-refractivity contribution in [3.05, 3.63) is 64.7 Å². The molecule has 1 aliphatic rings. The largest absolute Gasteiger partial charge is 0.493 e. The molecule has 0 fully saturated rings. The Kier molecular flexibility index (Phi) is 16.5. The molecule has 0 saturated carbocycles. The minimum absolute atomic E-state index is 0. The topological polar surface area (TPSA) is 50.8 Å². The van der Waals surface area contributed by atoms with Gasteiger partial charge in [0, 0.05) is 24.5 Å². The summed E-state index contributed by atoms with van der Waals surface area (Å²) in [5.41, 5.74) is 3.06. The van der Waals surface area contributed by atoms with E-state index in [2.05, 4.69) is 63.2 Å². The van der Waals surface area contributed by atoms with Gasteiger partial charge in [-0.15, -0.1) is 28.7 Å². The van der Waals surface area contributed by atoms with Crippen LogP contribution in [0.1, 0.15) is 110 Å². The van der Waals surface area contributed by atoms with Crippen LogP contribution in [0, 0.1) is 0 Å². The van der Waals surface area contributed by atoms with E-state index in [-0.39, 0.29) is 34.9 Å². The molecule has 0 radical (unpaired) electrons. The molecular weight excluding hydrogens is 608 g/mol. The van der Waals surface area contributed by atoms with Crippen LogP contribution in [-0.4, -0.2) is 29.9 Å². The molecule has 2 aromatic carbocycles. The molecular formula is C35H53BrN2O3S. The summed E-state index contributed by atoms with van der Waals surface area (Å²) in [4.78, 5) is 16.3. The Hall–Kier alpha value is -2.12. The zero-order chi connectivity index (χ0) is 29.5. The van der Waals surface area contributed by atoms with E-state index in [0.29, 0.717) is 12.4 Å². The smallest absolute Gasteiger partial charge is 0.262 e. The minimum Gasteiger partial charge on any atom is -0.493 e. The Balaban J connectivity index is 0.00000616. The van der Waals surface area contributed by atoms with Crippen molar-refractivity contribution in [1.29, 1.82) is 0 Å². The zero-order valence-corrected chi connectivity index (χ0v) is 29.0. The number of unbranched alkanes of at least 4 members (excludes halogenated alkanes) is 9. The molecule has 0 aromatic heterocycles. The highest BCUT2D eigenvalue weighted by molar-refractivity contribution is 8.93. The van der Waals surface area contributed by atoms with Gasteiger partial charge in [-0.05, 0) is 53.0 Å². The van der Waals surface area contributed by atoms with Gasteiger partial charge in [0.15, 0.2) is 6.61 Å². The number of halogens is 1. The molecule has 2 aromatic rings. The molecule has 0 spiro atoms. The summed E-state index contributed by atoms with van der Waals surface area (Å²) in [5.74, 6) is 2.29. The van der Waals surface area contributed by atoms with E-state index < -0.39 is 0 Å². The number of carbonyl (C=O) groups excluding carboxylic acids is 1. The van der Waals surface area contributed by atoms with Crippen molar-refractivity contribution in [2.24, 2.45) is 0 Å². The number of anilines is 1. The first-order valence-corrected chi connectivity index (χ1v) is 16.6. The van der Waals surface area contributed by atoms with Crippen LogP contribution in [0.2, 0.25) is 0 Å². The van der Waals surface area contributed by atoms with Crippen molar-refractivity contribution < 1.29 is 14.3 Å². The van der Waals surface area contributed by atoms with E-state index in [4.69, 9.17) is 9.47 Å². The van der Waals surface area contributed by atoms with E-state index in [1.165, 1.54) is 62.7 Å². The molecule has 7 heteroatoms. The third kappa shape index (κ3) is 13.5. The number of benzene rings is 2. The average molecular weight is 662 g/mol. The van der Waals surface area contributed by atoms with Crippen LogP contribution in [0.3, 0.4) is 0 Å². The van der Waals surface area contributed by atoms with Crippen LogP contribution in [-0.2, 0) is 16.8 Å². The van der Waals surface area contributed by atoms with Crippen molar-refractivity contribution in [2.75, 3.05) is 24.4 Å². The molecule has 42 heavy (non-hydrogen) atoms. The maximum absolute atomic E-state index is 12.7. The Bertz CT molecular complexity index is 1120. The first kappa shape index (κ1) is 36.1. The lowest BCUT2D eigenvalue weighted by Crippen LogP contribution is -2.20. The van der Waals surface area contributed by atoms with E-state index >= 15 is 0 Å². The van der Waals surface area contributed by atoms with Crippen LogP contribution >= 0.6 is 28.7 Å². The van der Waals surface area contributed by atoms with Gasteiger partial charge in [0.25, 0.3) is 5.91 Å². The van der Waals surface area contributed by atoms with Crippen LogP contribution < -0.4 is 14.8 Å². The lowest BCUT2D eigenvalue weighted by molar-refractivity contribution is -0.118. The summed E-state index contributed by atoms with van der Waals surface area (Å²) in [6.45, 7) is 12.4. The number of ether oxygens (including phenoxy) is 2. The Morgan fingerprint density at radius 3 is 2.26 bits per heavy atom. The van der Waals surface area contributed by atoms with Gasteiger partial charge >= 0.3 is 0 Å². The number of rotatable bonds is 18. The van der Waals surface area contributed by atoms with Gasteiger partial charge in [0.05, 0.1) is 12.5 Å². The monoisotopic (exact) mass is 660 g/mol. The van der Waals surface area contributed by atoms with Gasteiger partial charge in [-0.3, -0.25) is 4.79 Å². The van der Waals surface area contributed by atoms with Crippen LogP contribution in [0.15, 0.2) is 53.6 Å². The van der Waals surface area contributed by atoms with Gasteiger partial charge in [-0.1, -0.05) is 104 Å². The average Bonchev–Trinajstić information content (AvgIpc) is 3.34. The summed E-state index contributed by atoms with van der Waals surface area (Å²) >= 11 is 1.85. The lowest BCUT2D eigenvalue weighted by atomic mass is 9.86. The quantitative estimate of drug-likeness (QED) is 0.161. The molecule has 1 aliphatic heterocycles. The standard InChI is InChI=1S/C35H52N2O3S.BrH/c1-6-7-8-9-10-11-12-13-14-15-21-39-33-23-31(19-20-32(33)35(3,4)5)40-26-34(38)36-30-18-16-17-29(22-30)25-37-24-28(2)41-27-37;/h16-20,22-24H,6-15,21,25-27H2,1-5H3,(H,36,38);1H. The highest BCUT2D eigenvalue weighted by Crippen LogP contribution is 2.34. The molecule has 1 heterocycles. The highest BCUT2D eigenvalue weighted by atomic mass is 79.9. The van der Waals surface area contributed by atoms with Crippen molar-refractivity contribution in [3.63, 3.8) is 0 Å². The number of nitrogens with zero attached hydrogens (tertiary/aromatic N) is 1. The van der Waals surface area contributed by atoms with Gasteiger partial charge in [-0.2, -0.15) is 0 Å². The number of hydrogen-bond donors (Lipinski definition) is 1. The number of nitrogens with one attached hydrogen (secondary N) is 1. The number of hydrogen-bond acceptors (Lipinski definition) is 5. The van der Waals surface area contributed by atoms with E-state index in [1.807, 2.05) is 42.1 Å². The molecule has 0 saturated heterocycles. The Labute approximate surface area is 270 Å². The first-order chi connectivity index (χ1) is 19.7. The first-order valence-electron chi connectivity index (χ1n) is 15.6. The number of allylic oxidation sites excluding steroid dienone is 1. The molecule has 0 bridgehead atoms. The summed E-state index contributed by atoms with van der Waals surface area (Å²) in [5, 5.41) is 2.98. The Morgan fingerprint density at radius 2 is 1.62 bits per heavy atom. The maximum Gasteiger partial charge on any atom is 0.262 e. The molecule has 1 amide bonds. The number of thioether (sulfide) groups is 1. The zero-order valence-electron chi connectivity index (χ0n) is 26.5. The summed E-state index contributed by atoms with van der Waals surface area (Å²) in [7, 11) is 0. The summed E-state index contributed by atoms with van der Waals surface area (Å²) in [6.07, 6.45) is 15.2. The van der Waals surface area contributed by atoms with E-state index in [0.717, 1.165) is 41.4 Å². The normalized spacial score (nSPS) is 13.0. The minimum atomic E-state index is -0.178. The predicted molar refractivity (Wildman–Crippen MR) is 185 cm³/mol. The molecule has 0 unspecified atom stereocenters. The van der Waals surface area contributed by atoms with Crippen molar-refractivity contribution in [1.82, 2.24) is 4.90 Å². The van der Waals surface area contributed by atoms with Crippen molar-refractivity contribution in [3.8, 4) is 11.5 Å².